The van der Waals surface area contributed by atoms with Crippen LogP contribution in [0.1, 0.15) is 73.6 Å². The highest BCUT2D eigenvalue weighted by atomic mass is 16.3. The molecule has 0 spiro atoms. The summed E-state index contributed by atoms with van der Waals surface area (Å²) in [5.41, 5.74) is 20.3. The second kappa shape index (κ2) is 29.2. The minimum absolute atomic E-state index is 0.0598. The number of furan rings is 4. The molecule has 5 atom stereocenters. The third-order valence-electron chi connectivity index (χ3n) is 22.3. The van der Waals surface area contributed by atoms with Gasteiger partial charge in [0.05, 0.1) is 46.6 Å². The number of benzene rings is 7. The van der Waals surface area contributed by atoms with Crippen LogP contribution in [0.4, 0.5) is 28.4 Å². The van der Waals surface area contributed by atoms with Gasteiger partial charge in [-0.1, -0.05) is 106 Å². The summed E-state index contributed by atoms with van der Waals surface area (Å²) in [6, 6.07) is 45.2. The van der Waals surface area contributed by atoms with E-state index in [1.807, 2.05) is 157 Å². The van der Waals surface area contributed by atoms with Crippen LogP contribution in [0.3, 0.4) is 0 Å². The summed E-state index contributed by atoms with van der Waals surface area (Å²) in [6.07, 6.45) is 13.6. The number of nitrogens with zero attached hydrogens (tertiary/aromatic N) is 17. The van der Waals surface area contributed by atoms with Crippen molar-refractivity contribution in [2.24, 2.45) is 0 Å². The largest absolute Gasteiger partial charge is 0.456 e. The Labute approximate surface area is 640 Å². The summed E-state index contributed by atoms with van der Waals surface area (Å²) in [7, 11) is 9.74. The van der Waals surface area contributed by atoms with Crippen LogP contribution in [-0.4, -0.2) is 101 Å². The number of fused-ring (bicyclic) bond motifs is 12. The highest BCUT2D eigenvalue weighted by Crippen LogP contribution is 2.45. The molecule has 0 N–H and O–H groups in total. The summed E-state index contributed by atoms with van der Waals surface area (Å²) in [5.74, 6) is 3.26. The highest BCUT2D eigenvalue weighted by molar-refractivity contribution is 6.11. The fourth-order valence-corrected chi connectivity index (χ4v) is 15.1. The van der Waals surface area contributed by atoms with Crippen molar-refractivity contribution < 1.29 is 17.7 Å². The van der Waals surface area contributed by atoms with Crippen LogP contribution >= 0.6 is 0 Å². The smallest absolute Gasteiger partial charge is 0.243 e. The first-order valence-electron chi connectivity index (χ1n) is 36.4. The lowest BCUT2D eigenvalue weighted by Crippen LogP contribution is -2.35. The minimum Gasteiger partial charge on any atom is -0.456 e. The molecule has 0 fully saturated rings. The molecule has 0 saturated heterocycles. The maximum Gasteiger partial charge on any atom is 0.243 e. The second-order valence-corrected chi connectivity index (χ2v) is 28.5. The van der Waals surface area contributed by atoms with Gasteiger partial charge in [0.15, 0.2) is 42.0 Å². The number of anilines is 5. The van der Waals surface area contributed by atoms with Crippen LogP contribution in [0.2, 0.25) is 0 Å². The molecule has 7 aromatic carbocycles. The van der Waals surface area contributed by atoms with Crippen LogP contribution in [0.15, 0.2) is 224 Å². The first-order chi connectivity index (χ1) is 52.9. The lowest BCUT2D eigenvalue weighted by molar-refractivity contribution is 0.364. The second-order valence-electron chi connectivity index (χ2n) is 28.5. The van der Waals surface area contributed by atoms with Gasteiger partial charge >= 0.3 is 0 Å². The van der Waals surface area contributed by atoms with Crippen molar-refractivity contribution in [3.05, 3.63) is 302 Å². The zero-order chi connectivity index (χ0) is 78.0. The van der Waals surface area contributed by atoms with E-state index in [0.29, 0.717) is 40.5 Å². The molecule has 6 aromatic heterocycles. The number of aromatic nitrogens is 2. The molecule has 0 amide bonds. The number of hydrogen-bond donors (Lipinski definition) is 0. The number of aryl methyl sites for hydroxylation is 6. The van der Waals surface area contributed by atoms with Gasteiger partial charge in [0, 0.05) is 116 Å². The van der Waals surface area contributed by atoms with E-state index in [1.165, 1.54) is 27.9 Å². The Morgan fingerprint density at radius 2 is 0.627 bits per heavy atom. The summed E-state index contributed by atoms with van der Waals surface area (Å²) >= 11 is 0. The van der Waals surface area contributed by atoms with Gasteiger partial charge in [0.1, 0.15) is 22.3 Å². The van der Waals surface area contributed by atoms with Crippen LogP contribution in [0.5, 0.6) is 0 Å². The van der Waals surface area contributed by atoms with Crippen LogP contribution in [0, 0.1) is 81.3 Å². The molecular formula is C89H85N17O4. The third-order valence-corrected chi connectivity index (χ3v) is 22.3. The van der Waals surface area contributed by atoms with Gasteiger partial charge in [-0.25, -0.2) is 9.97 Å². The standard InChI is InChI=1S/2C19H17N3O.2C18H16N4O.C15H19N3/c1-12-9-15-14-7-5-6-8-17(14)23-18(15)10-16(12)22-11-19(20-3)21(4)13(22)2;1-12-9-10-15-14-7-5-6-8-16(14)23-19(15)18(12)22-11-17(20-3)21(4)13(22)2;1-11-7-8-13-14-6-5-9-20-18(14)23-17(13)16(11)22-10-15(19-3)21(4)12(22)2;1-11-8-14-13-6-5-7-20-18(13)23-16(14)9-15(11)22-10-17(19-3)21(4)12(22)2;1-10-7-8-11(2)15(12(10)3)18-9-14(16-5)17(6)13(18)4/h2*5-11,13H,1-2,4H3;2*5-10,12H,1-2,4H3;7-9,13H,1-4,6H3/t2*13-;2*12-;13-/m00000/s1. The van der Waals surface area contributed by atoms with Crippen molar-refractivity contribution in [1.82, 2.24) is 34.5 Å². The summed E-state index contributed by atoms with van der Waals surface area (Å²) in [4.78, 5) is 47.2. The van der Waals surface area contributed by atoms with E-state index in [4.69, 9.17) is 50.5 Å². The average molecular weight is 1460 g/mol. The molecule has 0 unspecified atom stereocenters. The maximum atomic E-state index is 7.34. The molecule has 0 aliphatic carbocycles. The molecular weight excluding hydrogens is 1370 g/mol. The van der Waals surface area contributed by atoms with E-state index >= 15 is 0 Å². The first kappa shape index (κ1) is 73.1. The molecule has 5 aliphatic rings. The van der Waals surface area contributed by atoms with Crippen molar-refractivity contribution in [3.63, 3.8) is 0 Å². The average Bonchev–Trinajstić information content (AvgIpc) is 1.59. The Bertz CT molecular complexity index is 5940. The molecule has 0 radical (unpaired) electrons. The van der Waals surface area contributed by atoms with Crippen LogP contribution < -0.4 is 24.5 Å². The quantitative estimate of drug-likeness (QED) is 0.151. The molecule has 21 nitrogen and oxygen atoms in total. The van der Waals surface area contributed by atoms with E-state index in [9.17, 15) is 0 Å². The Hall–Kier alpha value is -13.8. The first-order valence-corrected chi connectivity index (χ1v) is 36.4. The zero-order valence-corrected chi connectivity index (χ0v) is 64.9. The topological polar surface area (TPSA) is 133 Å². The van der Waals surface area contributed by atoms with Crippen LogP contribution in [-0.2, 0) is 0 Å². The van der Waals surface area contributed by atoms with Gasteiger partial charge in [-0.3, -0.25) is 0 Å². The number of pyridine rings is 2. The van der Waals surface area contributed by atoms with Crippen LogP contribution in [0.25, 0.3) is 112 Å². The third kappa shape index (κ3) is 12.6. The van der Waals surface area contributed by atoms with Crippen molar-refractivity contribution >= 4 is 116 Å². The van der Waals surface area contributed by atoms with E-state index in [0.717, 1.165) is 116 Å². The Kier molecular flexibility index (Phi) is 19.4. The normalized spacial score (nSPS) is 18.0. The maximum absolute atomic E-state index is 7.34. The molecule has 5 aliphatic heterocycles. The lowest BCUT2D eigenvalue weighted by atomic mass is 10.0. The Morgan fingerprint density at radius 1 is 0.300 bits per heavy atom. The Morgan fingerprint density at radius 3 is 1.08 bits per heavy atom. The van der Waals surface area contributed by atoms with Crippen molar-refractivity contribution in [3.8, 4) is 0 Å². The van der Waals surface area contributed by atoms with Crippen molar-refractivity contribution in [1.29, 1.82) is 0 Å². The molecule has 21 heteroatoms. The zero-order valence-electron chi connectivity index (χ0n) is 64.9. The van der Waals surface area contributed by atoms with Gasteiger partial charge in [-0.2, -0.15) is 0 Å². The van der Waals surface area contributed by atoms with Crippen molar-refractivity contribution in [2.45, 2.75) is 114 Å². The van der Waals surface area contributed by atoms with Gasteiger partial charge in [0.25, 0.3) is 0 Å². The SMILES string of the molecule is [C-]#[N+]C1=CN(c2c(C)ccc(C)c2C)[C@@H](C)N1C.[C-]#[N+]C1=CN(c2c(C)ccc3c2oc2ccccc23)[C@@H](C)N1C.[C-]#[N+]C1=CN(c2c(C)ccc3c2oc2ncccc23)[C@@H](C)N1C.[C-]#[N+]C1=CN(c2cc3oc4ccccc4c3cc2C)[C@@H](C)N1C.[C-]#[N+]C1=CN(c2cc3oc4ncccc4c3cc2C)[C@@H](C)N1C. The van der Waals surface area contributed by atoms with E-state index in [1.54, 1.807) is 12.4 Å². The number of rotatable bonds is 5. The summed E-state index contributed by atoms with van der Waals surface area (Å²) in [5, 5.41) is 8.67. The minimum atomic E-state index is 0.0598. The molecule has 11 heterocycles. The molecule has 13 aromatic rings. The number of para-hydroxylation sites is 2. The van der Waals surface area contributed by atoms with Gasteiger partial charge in [-0.15, -0.1) is 0 Å². The monoisotopic (exact) mass is 1460 g/mol. The predicted molar refractivity (Wildman–Crippen MR) is 442 cm³/mol. The van der Waals surface area contributed by atoms with Gasteiger partial charge < -0.3 is 90.9 Å². The molecule has 110 heavy (non-hydrogen) atoms. The van der Waals surface area contributed by atoms with Crippen molar-refractivity contribution in [2.75, 3.05) is 59.7 Å². The summed E-state index contributed by atoms with van der Waals surface area (Å²) in [6.45, 7) is 61.7. The molecule has 0 bridgehead atoms. The van der Waals surface area contributed by atoms with E-state index in [-0.39, 0.29) is 30.8 Å². The predicted octanol–water partition coefficient (Wildman–Crippen LogP) is 21.1. The van der Waals surface area contributed by atoms with E-state index in [2.05, 4.69) is 209 Å². The fourth-order valence-electron chi connectivity index (χ4n) is 15.1. The molecule has 0 saturated carbocycles. The lowest BCUT2D eigenvalue weighted by Gasteiger charge is -2.28. The molecule has 18 rings (SSSR count). The summed E-state index contributed by atoms with van der Waals surface area (Å²) < 4.78 is 24.1. The fraction of sp³-hybridized carbons (Fsp3) is 0.247. The van der Waals surface area contributed by atoms with Gasteiger partial charge in [0.2, 0.25) is 40.5 Å². The highest BCUT2D eigenvalue weighted by Gasteiger charge is 2.36. The van der Waals surface area contributed by atoms with Gasteiger partial charge in [-0.05, 0) is 171 Å². The Balaban J connectivity index is 0.000000115. The number of hydrogen-bond acceptors (Lipinski definition) is 16. The molecule has 550 valence electrons. The van der Waals surface area contributed by atoms with E-state index < -0.39 is 0 Å².